The molecule has 0 saturated heterocycles. The fourth-order valence-corrected chi connectivity index (χ4v) is 6.17. The van der Waals surface area contributed by atoms with Gasteiger partial charge in [0.2, 0.25) is 0 Å². The van der Waals surface area contributed by atoms with Crippen LogP contribution in [0.4, 0.5) is 0 Å². The predicted octanol–water partition coefficient (Wildman–Crippen LogP) is 4.78. The number of benzene rings is 4. The molecule has 276 valence electrons. The zero-order valence-electron chi connectivity index (χ0n) is 29.4. The summed E-state index contributed by atoms with van der Waals surface area (Å²) in [6.45, 7) is 2.25. The van der Waals surface area contributed by atoms with Crippen LogP contribution >= 0.6 is 0 Å². The summed E-state index contributed by atoms with van der Waals surface area (Å²) in [7, 11) is 0. The van der Waals surface area contributed by atoms with E-state index in [4.69, 9.17) is 18.9 Å². The summed E-state index contributed by atoms with van der Waals surface area (Å²) in [6, 6.07) is 30.9. The van der Waals surface area contributed by atoms with E-state index < -0.39 is 23.9 Å². The smallest absolute Gasteiger partial charge is 0.358 e. The first-order chi connectivity index (χ1) is 26.4. The molecule has 0 unspecified atom stereocenters. The van der Waals surface area contributed by atoms with E-state index >= 15 is 0 Å². The third kappa shape index (κ3) is 9.15. The molecule has 3 heterocycles. The van der Waals surface area contributed by atoms with Gasteiger partial charge < -0.3 is 18.9 Å². The van der Waals surface area contributed by atoms with Crippen LogP contribution in [-0.2, 0) is 32.0 Å². The minimum atomic E-state index is -0.706. The highest BCUT2D eigenvalue weighted by atomic mass is 16.5. The van der Waals surface area contributed by atoms with Crippen molar-refractivity contribution in [3.8, 4) is 0 Å². The predicted molar refractivity (Wildman–Crippen MR) is 197 cm³/mol. The van der Waals surface area contributed by atoms with Crippen molar-refractivity contribution in [2.24, 2.45) is 0 Å². The van der Waals surface area contributed by atoms with Gasteiger partial charge in [-0.15, -0.1) is 0 Å². The summed E-state index contributed by atoms with van der Waals surface area (Å²) < 4.78 is 22.1. The van der Waals surface area contributed by atoms with Gasteiger partial charge in [0.05, 0.1) is 0 Å². The lowest BCUT2D eigenvalue weighted by atomic mass is 10.1. The number of cyclic esters (lactones) is 4. The zero-order valence-corrected chi connectivity index (χ0v) is 29.4. The number of fused-ring (bicyclic) bond motifs is 6. The number of aromatic amines is 2. The maximum absolute atomic E-state index is 12.9. The number of nitrogens with one attached hydrogen (secondary N) is 2. The molecule has 6 aromatic rings. The number of hydrogen-bond donors (Lipinski definition) is 2. The van der Waals surface area contributed by atoms with Crippen molar-refractivity contribution in [3.63, 3.8) is 0 Å². The van der Waals surface area contributed by atoms with E-state index in [2.05, 4.69) is 32.5 Å². The average Bonchev–Trinajstić information content (AvgIpc) is 3.89. The zero-order chi connectivity index (χ0) is 37.3. The Morgan fingerprint density at radius 3 is 1.24 bits per heavy atom. The molecule has 0 atom stereocenters. The monoisotopic (exact) mass is 730 g/mol. The second-order valence-corrected chi connectivity index (χ2v) is 12.8. The van der Waals surface area contributed by atoms with Gasteiger partial charge in [0.15, 0.2) is 11.4 Å². The summed E-state index contributed by atoms with van der Waals surface area (Å²) in [5.41, 5.74) is 1.91. The summed E-state index contributed by atoms with van der Waals surface area (Å²) in [5.74, 6) is -2.77. The van der Waals surface area contributed by atoms with E-state index in [0.29, 0.717) is 39.3 Å². The Kier molecular flexibility index (Phi) is 11.3. The molecule has 0 aliphatic carbocycles. The molecule has 1 aliphatic heterocycles. The molecule has 4 aromatic carbocycles. The van der Waals surface area contributed by atoms with Gasteiger partial charge in [-0.2, -0.15) is 10.2 Å². The van der Waals surface area contributed by atoms with Crippen molar-refractivity contribution in [1.82, 2.24) is 30.2 Å². The van der Waals surface area contributed by atoms with Gasteiger partial charge >= 0.3 is 23.9 Å². The number of H-pyrrole nitrogens is 2. The summed E-state index contributed by atoms with van der Waals surface area (Å²) >= 11 is 0. The summed E-state index contributed by atoms with van der Waals surface area (Å²) in [5, 5.41) is 17.4. The van der Waals surface area contributed by atoms with Crippen LogP contribution in [0.1, 0.15) is 53.1 Å². The van der Waals surface area contributed by atoms with Crippen molar-refractivity contribution in [2.45, 2.75) is 13.1 Å². The third-order valence-electron chi connectivity index (χ3n) is 9.02. The molecule has 7 rings (SSSR count). The van der Waals surface area contributed by atoms with Gasteiger partial charge in [-0.05, 0) is 44.8 Å². The van der Waals surface area contributed by atoms with E-state index in [9.17, 15) is 19.2 Å². The van der Waals surface area contributed by atoms with Crippen molar-refractivity contribution in [1.29, 1.82) is 0 Å². The number of nitrogens with zero attached hydrogens (tertiary/aromatic N) is 4. The quantitative estimate of drug-likeness (QED) is 0.188. The summed E-state index contributed by atoms with van der Waals surface area (Å²) in [4.78, 5) is 55.6. The molecule has 2 N–H and O–H groups in total. The van der Waals surface area contributed by atoms with Gasteiger partial charge in [0, 0.05) is 51.4 Å². The Hall–Kier alpha value is -6.38. The van der Waals surface area contributed by atoms with Crippen LogP contribution in [0.2, 0.25) is 0 Å². The molecular weight excluding hydrogens is 692 g/mol. The lowest BCUT2D eigenvalue weighted by Crippen LogP contribution is -2.32. The van der Waals surface area contributed by atoms with Crippen LogP contribution in [0, 0.1) is 0 Å². The van der Waals surface area contributed by atoms with Gasteiger partial charge in [-0.1, -0.05) is 72.8 Å². The number of hydrogen-bond acceptors (Lipinski definition) is 12. The van der Waals surface area contributed by atoms with E-state index in [1.807, 2.05) is 82.6 Å². The number of carbonyl (C=O) groups excluding carboxylic acids is 4. The Morgan fingerprint density at radius 1 is 0.463 bits per heavy atom. The van der Waals surface area contributed by atoms with E-state index in [1.54, 1.807) is 0 Å². The standard InChI is InChI=1S/C40H38N6O8/c47-37-33-23-35(43-41-33)39(49)53-19-15-46(26-28-10-12-30-6-2-4-8-32(30)22-28)16-20-54-40(50)36-24-34(42-44-36)38(48)52-18-14-45(13-17-51-37)25-27-9-11-29-5-1-3-7-31(29)21-27/h1-12,21-24H,13-20,25-26H2,(H,41,43)(H,42,44). The molecular formula is C40H38N6O8. The third-order valence-corrected chi connectivity index (χ3v) is 9.02. The largest absolute Gasteiger partial charge is 0.460 e. The van der Waals surface area contributed by atoms with Crippen LogP contribution in [0.5, 0.6) is 0 Å². The Bertz CT molecular complexity index is 2050. The van der Waals surface area contributed by atoms with Crippen LogP contribution in [0.3, 0.4) is 0 Å². The van der Waals surface area contributed by atoms with E-state index in [1.165, 1.54) is 12.1 Å². The van der Waals surface area contributed by atoms with Crippen LogP contribution in [0.25, 0.3) is 21.5 Å². The maximum atomic E-state index is 12.9. The first-order valence-electron chi connectivity index (χ1n) is 17.6. The van der Waals surface area contributed by atoms with Gasteiger partial charge in [0.25, 0.3) is 0 Å². The normalized spacial score (nSPS) is 16.3. The lowest BCUT2D eigenvalue weighted by Gasteiger charge is -2.22. The van der Waals surface area contributed by atoms with Crippen molar-refractivity contribution in [3.05, 3.63) is 131 Å². The fourth-order valence-electron chi connectivity index (χ4n) is 6.17. The first-order valence-corrected chi connectivity index (χ1v) is 17.6. The first kappa shape index (κ1) is 36.0. The highest BCUT2D eigenvalue weighted by Crippen LogP contribution is 2.19. The number of aromatic nitrogens is 4. The molecule has 14 heteroatoms. The fraction of sp³-hybridized carbons (Fsp3) is 0.250. The van der Waals surface area contributed by atoms with E-state index in [-0.39, 0.29) is 49.2 Å². The summed E-state index contributed by atoms with van der Waals surface area (Å²) in [6.07, 6.45) is 0. The molecule has 54 heavy (non-hydrogen) atoms. The molecule has 0 radical (unpaired) electrons. The highest BCUT2D eigenvalue weighted by molar-refractivity contribution is 5.94. The second-order valence-electron chi connectivity index (χ2n) is 12.8. The van der Waals surface area contributed by atoms with Crippen LogP contribution in [-0.4, -0.2) is 107 Å². The number of esters is 4. The van der Waals surface area contributed by atoms with Crippen molar-refractivity contribution >= 4 is 45.4 Å². The van der Waals surface area contributed by atoms with Gasteiger partial charge in [0.1, 0.15) is 37.8 Å². The van der Waals surface area contributed by atoms with Crippen LogP contribution < -0.4 is 0 Å². The molecule has 0 saturated carbocycles. The molecule has 0 spiro atoms. The Balaban J connectivity index is 1.05. The number of carbonyl (C=O) groups is 4. The minimum absolute atomic E-state index is 0.00471. The molecule has 0 amide bonds. The molecule has 0 fully saturated rings. The molecule has 14 nitrogen and oxygen atoms in total. The SMILES string of the molecule is O=C1OCCN(Cc2ccc3ccccc3c2)CCOC(=O)c2cc([nH]n2)C(=O)OCCN(Cc2ccc3ccccc3c2)CCOC(=O)c2cc1n[nH]2. The second kappa shape index (κ2) is 17.0. The molecule has 1 aliphatic rings. The average molecular weight is 731 g/mol. The minimum Gasteiger partial charge on any atom is -0.460 e. The Morgan fingerprint density at radius 2 is 0.833 bits per heavy atom. The lowest BCUT2D eigenvalue weighted by molar-refractivity contribution is 0.0369. The maximum Gasteiger partial charge on any atom is 0.358 e. The van der Waals surface area contributed by atoms with Crippen molar-refractivity contribution in [2.75, 3.05) is 52.6 Å². The van der Waals surface area contributed by atoms with Gasteiger partial charge in [-0.25, -0.2) is 19.2 Å². The highest BCUT2D eigenvalue weighted by Gasteiger charge is 2.21. The number of ether oxygens (including phenoxy) is 4. The topological polar surface area (TPSA) is 169 Å². The molecule has 4 bridgehead atoms. The number of rotatable bonds is 4. The van der Waals surface area contributed by atoms with Crippen molar-refractivity contribution < 1.29 is 38.1 Å². The molecule has 2 aromatic heterocycles. The van der Waals surface area contributed by atoms with Gasteiger partial charge in [-0.3, -0.25) is 20.0 Å². The Labute approximate surface area is 309 Å². The van der Waals surface area contributed by atoms with E-state index in [0.717, 1.165) is 32.7 Å². The van der Waals surface area contributed by atoms with Crippen LogP contribution in [0.15, 0.2) is 97.1 Å².